The van der Waals surface area contributed by atoms with Crippen molar-refractivity contribution in [3.8, 4) is 0 Å². The average molecular weight is 292 g/mol. The lowest BCUT2D eigenvalue weighted by Gasteiger charge is -2.45. The zero-order chi connectivity index (χ0) is 15.6. The van der Waals surface area contributed by atoms with E-state index < -0.39 is 11.4 Å². The Morgan fingerprint density at radius 2 is 1.57 bits per heavy atom. The van der Waals surface area contributed by atoms with Gasteiger partial charge < -0.3 is 0 Å². The highest BCUT2D eigenvalue weighted by molar-refractivity contribution is 6.20. The number of rotatable bonds is 4. The first-order valence-electron chi connectivity index (χ1n) is 7.91. The van der Waals surface area contributed by atoms with Gasteiger partial charge in [0, 0.05) is 13.1 Å². The van der Waals surface area contributed by atoms with Gasteiger partial charge >= 0.3 is 6.03 Å². The maximum atomic E-state index is 12.9. The molecule has 5 heteroatoms. The molecule has 116 valence electrons. The summed E-state index contributed by atoms with van der Waals surface area (Å²) in [5.41, 5.74) is -0.240. The van der Waals surface area contributed by atoms with Crippen molar-refractivity contribution in [2.24, 2.45) is 5.41 Å². The number of hydrogen-bond donors (Lipinski definition) is 0. The van der Waals surface area contributed by atoms with Crippen LogP contribution in [0.2, 0.25) is 0 Å². The third-order valence-corrected chi connectivity index (χ3v) is 4.68. The minimum absolute atomic E-state index is 0.302. The van der Waals surface area contributed by atoms with Gasteiger partial charge in [-0.1, -0.05) is 13.0 Å². The molecule has 21 heavy (non-hydrogen) atoms. The largest absolute Gasteiger partial charge is 0.333 e. The van der Waals surface area contributed by atoms with Crippen LogP contribution in [-0.4, -0.2) is 40.7 Å². The molecule has 0 saturated carbocycles. The molecule has 0 aromatic carbocycles. The smallest absolute Gasteiger partial charge is 0.273 e. The highest BCUT2D eigenvalue weighted by atomic mass is 16.2. The number of allylic oxidation sites excluding steroid dienone is 1. The molecule has 1 fully saturated rings. The van der Waals surface area contributed by atoms with Gasteiger partial charge in [0.2, 0.25) is 11.8 Å². The van der Waals surface area contributed by atoms with Crippen molar-refractivity contribution in [3.05, 3.63) is 11.6 Å². The van der Waals surface area contributed by atoms with Gasteiger partial charge in [0.05, 0.1) is 0 Å². The number of urea groups is 1. The molecule has 0 spiro atoms. The molecule has 1 saturated heterocycles. The monoisotopic (exact) mass is 292 g/mol. The van der Waals surface area contributed by atoms with Crippen LogP contribution in [0.4, 0.5) is 4.79 Å². The van der Waals surface area contributed by atoms with E-state index >= 15 is 0 Å². The van der Waals surface area contributed by atoms with Crippen molar-refractivity contribution < 1.29 is 14.4 Å². The van der Waals surface area contributed by atoms with Crippen molar-refractivity contribution in [2.75, 3.05) is 13.1 Å². The van der Waals surface area contributed by atoms with E-state index in [0.717, 1.165) is 31.3 Å². The lowest BCUT2D eigenvalue weighted by Crippen LogP contribution is -2.65. The van der Waals surface area contributed by atoms with E-state index in [4.69, 9.17) is 0 Å². The van der Waals surface area contributed by atoms with Gasteiger partial charge in [-0.2, -0.15) is 0 Å². The molecule has 2 rings (SSSR count). The van der Waals surface area contributed by atoms with Gasteiger partial charge in [0.1, 0.15) is 5.41 Å². The van der Waals surface area contributed by atoms with Crippen LogP contribution in [0.25, 0.3) is 0 Å². The molecule has 1 aliphatic carbocycles. The predicted molar refractivity (Wildman–Crippen MR) is 79.4 cm³/mol. The third kappa shape index (κ3) is 2.19. The molecule has 0 N–H and O–H groups in total. The molecule has 1 heterocycles. The van der Waals surface area contributed by atoms with E-state index in [1.807, 2.05) is 13.0 Å². The van der Waals surface area contributed by atoms with Crippen LogP contribution in [0.5, 0.6) is 0 Å². The Labute approximate surface area is 126 Å². The van der Waals surface area contributed by atoms with E-state index in [2.05, 4.69) is 0 Å². The minimum atomic E-state index is -1.15. The first-order chi connectivity index (χ1) is 10.0. The quantitative estimate of drug-likeness (QED) is 0.591. The van der Waals surface area contributed by atoms with Crippen molar-refractivity contribution in [1.82, 2.24) is 9.80 Å². The van der Waals surface area contributed by atoms with Crippen molar-refractivity contribution in [1.29, 1.82) is 0 Å². The van der Waals surface area contributed by atoms with Crippen LogP contribution in [0, 0.1) is 5.41 Å². The second-order valence-corrected chi connectivity index (χ2v) is 5.62. The molecular weight excluding hydrogens is 268 g/mol. The van der Waals surface area contributed by atoms with E-state index in [1.54, 1.807) is 13.8 Å². The molecule has 5 nitrogen and oxygen atoms in total. The molecular formula is C16H24N2O3. The summed E-state index contributed by atoms with van der Waals surface area (Å²) in [7, 11) is 0. The highest BCUT2D eigenvalue weighted by Gasteiger charge is 2.57. The maximum Gasteiger partial charge on any atom is 0.333 e. The Morgan fingerprint density at radius 3 is 1.95 bits per heavy atom. The van der Waals surface area contributed by atoms with Crippen molar-refractivity contribution >= 4 is 17.8 Å². The number of nitrogens with zero attached hydrogens (tertiary/aromatic N) is 2. The number of amides is 4. The number of imide groups is 2. The summed E-state index contributed by atoms with van der Waals surface area (Å²) < 4.78 is 0. The maximum absolute atomic E-state index is 12.9. The topological polar surface area (TPSA) is 57.7 Å². The van der Waals surface area contributed by atoms with Gasteiger partial charge in [-0.3, -0.25) is 19.4 Å². The lowest BCUT2D eigenvalue weighted by atomic mass is 9.70. The summed E-state index contributed by atoms with van der Waals surface area (Å²) in [6, 6.07) is -0.476. The lowest BCUT2D eigenvalue weighted by molar-refractivity contribution is -0.156. The number of barbiturate groups is 1. The van der Waals surface area contributed by atoms with Crippen LogP contribution in [0.3, 0.4) is 0 Å². The molecule has 0 aromatic heterocycles. The van der Waals surface area contributed by atoms with E-state index in [1.165, 1.54) is 9.80 Å². The number of hydrogen-bond acceptors (Lipinski definition) is 3. The Kier molecular flexibility index (Phi) is 4.49. The number of carbonyl (C=O) groups excluding carboxylic acids is 3. The average Bonchev–Trinajstić information content (AvgIpc) is 2.50. The van der Waals surface area contributed by atoms with Gasteiger partial charge in [-0.05, 0) is 51.5 Å². The zero-order valence-electron chi connectivity index (χ0n) is 13.1. The van der Waals surface area contributed by atoms with E-state index in [9.17, 15) is 14.4 Å². The molecule has 0 unspecified atom stereocenters. The Morgan fingerprint density at radius 1 is 1.00 bits per heavy atom. The van der Waals surface area contributed by atoms with Gasteiger partial charge in [0.25, 0.3) is 0 Å². The summed E-state index contributed by atoms with van der Waals surface area (Å²) in [6.07, 6.45) is 6.23. The van der Waals surface area contributed by atoms with Gasteiger partial charge in [-0.15, -0.1) is 0 Å². The Hall–Kier alpha value is -1.65. The molecule has 2 aliphatic rings. The van der Waals surface area contributed by atoms with Crippen LogP contribution < -0.4 is 0 Å². The Bertz CT molecular complexity index is 470. The summed E-state index contributed by atoms with van der Waals surface area (Å²) in [6.45, 7) is 6.01. The van der Waals surface area contributed by atoms with Crippen LogP contribution in [0.15, 0.2) is 11.6 Å². The fourth-order valence-corrected chi connectivity index (χ4v) is 3.46. The van der Waals surface area contributed by atoms with Crippen LogP contribution in [0.1, 0.15) is 52.9 Å². The molecule has 0 bridgehead atoms. The summed E-state index contributed by atoms with van der Waals surface area (Å²) in [4.78, 5) is 40.6. The summed E-state index contributed by atoms with van der Waals surface area (Å²) in [5, 5.41) is 0. The van der Waals surface area contributed by atoms with E-state index in [0.29, 0.717) is 19.5 Å². The normalized spacial score (nSPS) is 22.6. The fourth-order valence-electron chi connectivity index (χ4n) is 3.46. The highest BCUT2D eigenvalue weighted by Crippen LogP contribution is 2.43. The molecule has 1 aliphatic heterocycles. The second-order valence-electron chi connectivity index (χ2n) is 5.62. The van der Waals surface area contributed by atoms with Crippen LogP contribution >= 0.6 is 0 Å². The number of carbonyl (C=O) groups is 3. The molecule has 4 amide bonds. The van der Waals surface area contributed by atoms with Crippen LogP contribution in [-0.2, 0) is 9.59 Å². The van der Waals surface area contributed by atoms with Gasteiger partial charge in [0.15, 0.2) is 0 Å². The first kappa shape index (κ1) is 15.7. The predicted octanol–water partition coefficient (Wildman–Crippen LogP) is 2.71. The fraction of sp³-hybridized carbons (Fsp3) is 0.688. The second kappa shape index (κ2) is 6.00. The third-order valence-electron chi connectivity index (χ3n) is 4.68. The first-order valence-corrected chi connectivity index (χ1v) is 7.91. The van der Waals surface area contributed by atoms with E-state index in [-0.39, 0.29) is 11.8 Å². The van der Waals surface area contributed by atoms with Gasteiger partial charge in [-0.25, -0.2) is 4.79 Å². The zero-order valence-corrected chi connectivity index (χ0v) is 13.1. The SMILES string of the molecule is CCN1C(=O)N(CC)C(=O)C(CC)(C2=CCCCC2)C1=O. The molecule has 0 aromatic rings. The summed E-state index contributed by atoms with van der Waals surface area (Å²) in [5.74, 6) is -0.666. The Balaban J connectivity index is 2.55. The standard InChI is InChI=1S/C16H24N2O3/c1-4-16(12-10-8-7-9-11-12)13(19)17(5-2)15(21)18(6-3)14(16)20/h10H,4-9,11H2,1-3H3. The minimum Gasteiger partial charge on any atom is -0.273 e. The summed E-state index contributed by atoms with van der Waals surface area (Å²) >= 11 is 0. The van der Waals surface area contributed by atoms with Crippen molar-refractivity contribution in [2.45, 2.75) is 52.9 Å². The van der Waals surface area contributed by atoms with Crippen molar-refractivity contribution in [3.63, 3.8) is 0 Å². The molecule has 0 atom stereocenters. The molecule has 0 radical (unpaired) electrons.